The van der Waals surface area contributed by atoms with Gasteiger partial charge in [-0.3, -0.25) is 0 Å². The van der Waals surface area contributed by atoms with Crippen LogP contribution in [0.3, 0.4) is 0 Å². The molecule has 0 atom stereocenters. The van der Waals surface area contributed by atoms with Gasteiger partial charge in [-0.1, -0.05) is 0 Å². The summed E-state index contributed by atoms with van der Waals surface area (Å²) >= 11 is 1.66. The second kappa shape index (κ2) is 5.30. The van der Waals surface area contributed by atoms with E-state index in [9.17, 15) is 4.79 Å². The van der Waals surface area contributed by atoms with Crippen molar-refractivity contribution >= 4 is 17.3 Å². The zero-order valence-electron chi connectivity index (χ0n) is 10.6. The molecular weight excluding hydrogens is 250 g/mol. The molecule has 5 nitrogen and oxygen atoms in total. The summed E-state index contributed by atoms with van der Waals surface area (Å²) in [6.07, 6.45) is 0. The molecule has 18 heavy (non-hydrogen) atoms. The first-order valence-corrected chi connectivity index (χ1v) is 6.61. The third-order valence-corrected chi connectivity index (χ3v) is 3.67. The summed E-state index contributed by atoms with van der Waals surface area (Å²) in [6.45, 7) is 6.60. The Kier molecular flexibility index (Phi) is 3.76. The highest BCUT2D eigenvalue weighted by Crippen LogP contribution is 2.18. The highest BCUT2D eigenvalue weighted by Gasteiger charge is 2.18. The fraction of sp³-hybridized carbons (Fsp3) is 0.417. The molecule has 0 N–H and O–H groups in total. The maximum atomic E-state index is 11.8. The van der Waals surface area contributed by atoms with Gasteiger partial charge in [-0.2, -0.15) is 0 Å². The van der Waals surface area contributed by atoms with Crippen molar-refractivity contribution in [3.05, 3.63) is 33.5 Å². The molecule has 96 valence electrons. The van der Waals surface area contributed by atoms with Gasteiger partial charge in [0.15, 0.2) is 0 Å². The minimum Gasteiger partial charge on any atom is -0.460 e. The fourth-order valence-electron chi connectivity index (χ4n) is 1.63. The van der Waals surface area contributed by atoms with E-state index in [1.54, 1.807) is 22.8 Å². The van der Waals surface area contributed by atoms with Crippen LogP contribution in [-0.2, 0) is 11.3 Å². The Morgan fingerprint density at radius 2 is 2.22 bits per heavy atom. The van der Waals surface area contributed by atoms with E-state index in [0.29, 0.717) is 19.0 Å². The zero-order chi connectivity index (χ0) is 13.1. The SMILES string of the molecule is CCOC(=O)c1nnc(C)n1Cc1sccc1C. The van der Waals surface area contributed by atoms with E-state index in [1.165, 1.54) is 10.4 Å². The van der Waals surface area contributed by atoms with Crippen LogP contribution in [0.5, 0.6) is 0 Å². The van der Waals surface area contributed by atoms with Crippen molar-refractivity contribution in [2.75, 3.05) is 6.61 Å². The number of aryl methyl sites for hydroxylation is 2. The lowest BCUT2D eigenvalue weighted by molar-refractivity contribution is 0.0506. The first-order chi connectivity index (χ1) is 8.63. The van der Waals surface area contributed by atoms with E-state index in [4.69, 9.17) is 4.74 Å². The summed E-state index contributed by atoms with van der Waals surface area (Å²) in [4.78, 5) is 12.9. The average Bonchev–Trinajstić information content (AvgIpc) is 2.89. The summed E-state index contributed by atoms with van der Waals surface area (Å²) in [5, 5.41) is 9.87. The molecule has 0 bridgehead atoms. The Balaban J connectivity index is 2.30. The standard InChI is InChI=1S/C12H15N3O2S/c1-4-17-12(16)11-14-13-9(3)15(11)7-10-8(2)5-6-18-10/h5-6H,4,7H2,1-3H3. The number of ether oxygens (including phenoxy) is 1. The molecule has 0 aliphatic heterocycles. The van der Waals surface area contributed by atoms with E-state index in [-0.39, 0.29) is 5.82 Å². The fourth-order valence-corrected chi connectivity index (χ4v) is 2.52. The van der Waals surface area contributed by atoms with E-state index >= 15 is 0 Å². The van der Waals surface area contributed by atoms with Crippen molar-refractivity contribution in [1.29, 1.82) is 0 Å². The Bertz CT molecular complexity index is 559. The second-order valence-corrected chi connectivity index (χ2v) is 4.90. The molecule has 6 heteroatoms. The van der Waals surface area contributed by atoms with Crippen molar-refractivity contribution in [2.45, 2.75) is 27.3 Å². The molecule has 0 saturated carbocycles. The van der Waals surface area contributed by atoms with Gasteiger partial charge in [-0.25, -0.2) is 4.79 Å². The number of carbonyl (C=O) groups is 1. The number of carbonyl (C=O) groups excluding carboxylic acids is 1. The second-order valence-electron chi connectivity index (χ2n) is 3.90. The summed E-state index contributed by atoms with van der Waals surface area (Å²) in [6, 6.07) is 2.06. The average molecular weight is 265 g/mol. The molecule has 0 spiro atoms. The molecule has 0 radical (unpaired) electrons. The Morgan fingerprint density at radius 3 is 2.83 bits per heavy atom. The van der Waals surface area contributed by atoms with Gasteiger partial charge >= 0.3 is 5.97 Å². The van der Waals surface area contributed by atoms with Crippen molar-refractivity contribution in [2.24, 2.45) is 0 Å². The van der Waals surface area contributed by atoms with Gasteiger partial charge in [0, 0.05) is 4.88 Å². The maximum Gasteiger partial charge on any atom is 0.376 e. The predicted octanol–water partition coefficient (Wildman–Crippen LogP) is 2.18. The van der Waals surface area contributed by atoms with Gasteiger partial charge in [0.05, 0.1) is 13.2 Å². The maximum absolute atomic E-state index is 11.8. The molecule has 2 aromatic heterocycles. The third kappa shape index (κ3) is 2.43. The number of nitrogens with zero attached hydrogens (tertiary/aromatic N) is 3. The monoisotopic (exact) mass is 265 g/mol. The van der Waals surface area contributed by atoms with Crippen molar-refractivity contribution in [3.63, 3.8) is 0 Å². The van der Waals surface area contributed by atoms with E-state index < -0.39 is 5.97 Å². The van der Waals surface area contributed by atoms with Crippen molar-refractivity contribution in [3.8, 4) is 0 Å². The van der Waals surface area contributed by atoms with Gasteiger partial charge in [-0.05, 0) is 37.8 Å². The van der Waals surface area contributed by atoms with Crippen LogP contribution in [0.25, 0.3) is 0 Å². The number of aromatic nitrogens is 3. The molecule has 2 rings (SSSR count). The van der Waals surface area contributed by atoms with E-state index in [2.05, 4.69) is 23.2 Å². The topological polar surface area (TPSA) is 57.0 Å². The molecule has 0 aliphatic carbocycles. The molecule has 0 unspecified atom stereocenters. The van der Waals surface area contributed by atoms with Crippen molar-refractivity contribution < 1.29 is 9.53 Å². The highest BCUT2D eigenvalue weighted by molar-refractivity contribution is 7.10. The number of esters is 1. The minimum absolute atomic E-state index is 0.266. The Hall–Kier alpha value is -1.69. The minimum atomic E-state index is -0.424. The Labute approximate surface area is 109 Å². The van der Waals surface area contributed by atoms with Crippen molar-refractivity contribution in [1.82, 2.24) is 14.8 Å². The Morgan fingerprint density at radius 1 is 1.44 bits per heavy atom. The van der Waals surface area contributed by atoms with Crippen LogP contribution in [0.4, 0.5) is 0 Å². The van der Waals surface area contributed by atoms with Gasteiger partial charge in [0.1, 0.15) is 5.82 Å². The normalized spacial score (nSPS) is 10.6. The quantitative estimate of drug-likeness (QED) is 0.795. The third-order valence-electron chi connectivity index (χ3n) is 2.66. The first-order valence-electron chi connectivity index (χ1n) is 5.73. The lowest BCUT2D eigenvalue weighted by Crippen LogP contribution is -2.15. The van der Waals surface area contributed by atoms with Crippen LogP contribution in [0.2, 0.25) is 0 Å². The summed E-state index contributed by atoms with van der Waals surface area (Å²) in [5.41, 5.74) is 1.21. The largest absolute Gasteiger partial charge is 0.460 e. The molecule has 0 amide bonds. The molecule has 2 aromatic rings. The van der Waals surface area contributed by atoms with Crippen LogP contribution in [0.1, 0.15) is 33.8 Å². The molecule has 0 aromatic carbocycles. The summed E-state index contributed by atoms with van der Waals surface area (Å²) in [7, 11) is 0. The smallest absolute Gasteiger partial charge is 0.376 e. The number of hydrogen-bond acceptors (Lipinski definition) is 5. The van der Waals surface area contributed by atoms with E-state index in [1.807, 2.05) is 12.3 Å². The lowest BCUT2D eigenvalue weighted by Gasteiger charge is -2.07. The molecule has 2 heterocycles. The zero-order valence-corrected chi connectivity index (χ0v) is 11.5. The number of thiophene rings is 1. The van der Waals surface area contributed by atoms with Crippen LogP contribution < -0.4 is 0 Å². The highest BCUT2D eigenvalue weighted by atomic mass is 32.1. The number of hydrogen-bond donors (Lipinski definition) is 0. The predicted molar refractivity (Wildman–Crippen MR) is 68.9 cm³/mol. The number of rotatable bonds is 4. The molecule has 0 fully saturated rings. The molecule has 0 aliphatic rings. The van der Waals surface area contributed by atoms with Crippen LogP contribution in [0.15, 0.2) is 11.4 Å². The van der Waals surface area contributed by atoms with Gasteiger partial charge < -0.3 is 9.30 Å². The van der Waals surface area contributed by atoms with Crippen LogP contribution in [-0.4, -0.2) is 27.3 Å². The first kappa shape index (κ1) is 12.8. The van der Waals surface area contributed by atoms with Crippen LogP contribution >= 0.6 is 11.3 Å². The van der Waals surface area contributed by atoms with Gasteiger partial charge in [0.2, 0.25) is 5.82 Å². The van der Waals surface area contributed by atoms with Crippen LogP contribution in [0, 0.1) is 13.8 Å². The summed E-state index contributed by atoms with van der Waals surface area (Å²) in [5.74, 6) is 0.556. The molecule has 0 saturated heterocycles. The lowest BCUT2D eigenvalue weighted by atomic mass is 10.3. The van der Waals surface area contributed by atoms with Gasteiger partial charge in [-0.15, -0.1) is 21.5 Å². The summed E-state index contributed by atoms with van der Waals surface area (Å²) < 4.78 is 6.76. The molecular formula is C12H15N3O2S. The van der Waals surface area contributed by atoms with Gasteiger partial charge in [0.25, 0.3) is 0 Å². The van der Waals surface area contributed by atoms with E-state index in [0.717, 1.165) is 0 Å².